The summed E-state index contributed by atoms with van der Waals surface area (Å²) in [5, 5.41) is 12.9. The van der Waals surface area contributed by atoms with Crippen LogP contribution < -0.4 is 5.32 Å². The van der Waals surface area contributed by atoms with E-state index in [1.165, 1.54) is 6.42 Å². The van der Waals surface area contributed by atoms with Gasteiger partial charge in [-0.1, -0.05) is 11.6 Å². The lowest BCUT2D eigenvalue weighted by molar-refractivity contribution is 0.261. The number of rotatable bonds is 2. The molecule has 19 heavy (non-hydrogen) atoms. The van der Waals surface area contributed by atoms with Gasteiger partial charge in [-0.2, -0.15) is 0 Å². The maximum atomic E-state index is 6.02. The van der Waals surface area contributed by atoms with Crippen molar-refractivity contribution in [1.82, 2.24) is 20.1 Å². The van der Waals surface area contributed by atoms with Crippen molar-refractivity contribution in [3.8, 4) is 0 Å². The molecule has 0 aromatic carbocycles. The van der Waals surface area contributed by atoms with Gasteiger partial charge >= 0.3 is 0 Å². The Labute approximate surface area is 117 Å². The summed E-state index contributed by atoms with van der Waals surface area (Å²) in [4.78, 5) is 6.59. The Balaban J connectivity index is 1.90. The van der Waals surface area contributed by atoms with Crippen LogP contribution in [0.1, 0.15) is 12.8 Å². The smallest absolute Gasteiger partial charge is 0.178 e. The summed E-state index contributed by atoms with van der Waals surface area (Å²) in [5.74, 6) is 0.771. The second-order valence-electron chi connectivity index (χ2n) is 4.98. The predicted octanol–water partition coefficient (Wildman–Crippen LogP) is 2.18. The van der Waals surface area contributed by atoms with Crippen LogP contribution in [-0.2, 0) is 0 Å². The number of pyridine rings is 1. The van der Waals surface area contributed by atoms with Gasteiger partial charge in [0.1, 0.15) is 5.52 Å². The van der Waals surface area contributed by atoms with Crippen LogP contribution in [0.2, 0.25) is 5.15 Å². The van der Waals surface area contributed by atoms with E-state index in [9.17, 15) is 0 Å². The third-order valence-electron chi connectivity index (χ3n) is 3.46. The summed E-state index contributed by atoms with van der Waals surface area (Å²) in [7, 11) is 2.14. The number of anilines is 1. The fourth-order valence-electron chi connectivity index (χ4n) is 2.54. The average Bonchev–Trinajstić information content (AvgIpc) is 2.42. The van der Waals surface area contributed by atoms with Crippen molar-refractivity contribution < 1.29 is 0 Å². The fourth-order valence-corrected chi connectivity index (χ4v) is 2.73. The molecule has 0 spiro atoms. The third-order valence-corrected chi connectivity index (χ3v) is 3.72. The Morgan fingerprint density at radius 2 is 2.32 bits per heavy atom. The first-order valence-corrected chi connectivity index (χ1v) is 6.84. The number of hydrogen-bond acceptors (Lipinski definition) is 5. The summed E-state index contributed by atoms with van der Waals surface area (Å²) in [6, 6.07) is 4.26. The highest BCUT2D eigenvalue weighted by molar-refractivity contribution is 6.33. The molecule has 2 aromatic rings. The van der Waals surface area contributed by atoms with Gasteiger partial charge in [-0.15, -0.1) is 10.2 Å². The molecule has 100 valence electrons. The number of halogens is 1. The zero-order valence-corrected chi connectivity index (χ0v) is 11.6. The maximum absolute atomic E-state index is 6.02. The molecule has 1 aliphatic heterocycles. The monoisotopic (exact) mass is 277 g/mol. The number of aromatic nitrogens is 3. The van der Waals surface area contributed by atoms with Crippen molar-refractivity contribution in [2.24, 2.45) is 0 Å². The summed E-state index contributed by atoms with van der Waals surface area (Å²) >= 11 is 6.02. The molecule has 0 aliphatic carbocycles. The first-order chi connectivity index (χ1) is 9.24. The van der Waals surface area contributed by atoms with E-state index in [1.807, 2.05) is 12.1 Å². The van der Waals surface area contributed by atoms with Crippen molar-refractivity contribution in [3.05, 3.63) is 23.5 Å². The molecule has 0 radical (unpaired) electrons. The molecule has 0 amide bonds. The minimum Gasteiger partial charge on any atom is -0.364 e. The molecule has 1 aliphatic rings. The van der Waals surface area contributed by atoms with Gasteiger partial charge in [0.05, 0.1) is 0 Å². The lowest BCUT2D eigenvalue weighted by atomic mass is 10.1. The summed E-state index contributed by atoms with van der Waals surface area (Å²) in [5.41, 5.74) is 0.700. The lowest BCUT2D eigenvalue weighted by Crippen LogP contribution is -2.40. The quantitative estimate of drug-likeness (QED) is 0.912. The van der Waals surface area contributed by atoms with Crippen LogP contribution in [-0.4, -0.2) is 46.3 Å². The second kappa shape index (κ2) is 5.27. The number of likely N-dealkylation sites (tertiary alicyclic amines) is 1. The molecule has 1 saturated heterocycles. The number of hydrogen-bond donors (Lipinski definition) is 1. The van der Waals surface area contributed by atoms with Gasteiger partial charge in [0.25, 0.3) is 0 Å². The van der Waals surface area contributed by atoms with Gasteiger partial charge < -0.3 is 10.2 Å². The second-order valence-corrected chi connectivity index (χ2v) is 5.34. The fraction of sp³-hybridized carbons (Fsp3) is 0.462. The van der Waals surface area contributed by atoms with E-state index in [0.29, 0.717) is 16.7 Å². The molecular formula is C13H16ClN5. The predicted molar refractivity (Wildman–Crippen MR) is 76.5 cm³/mol. The Kier molecular flexibility index (Phi) is 3.48. The molecule has 0 saturated carbocycles. The Hall–Kier alpha value is -1.46. The van der Waals surface area contributed by atoms with Crippen LogP contribution in [0.15, 0.2) is 18.3 Å². The molecule has 3 rings (SSSR count). The van der Waals surface area contributed by atoms with Crippen LogP contribution in [0.3, 0.4) is 0 Å². The summed E-state index contributed by atoms with van der Waals surface area (Å²) < 4.78 is 0. The third kappa shape index (κ3) is 2.62. The molecular weight excluding hydrogens is 262 g/mol. The standard InChI is InChI=1S/C13H16ClN5/c1-19-7-3-4-9(8-19)16-13-10-5-2-6-15-11(10)12(14)17-18-13/h2,5-6,9H,3-4,7-8H2,1H3,(H,16,18)/t9-/m1/s1. The zero-order chi connectivity index (χ0) is 13.2. The van der Waals surface area contributed by atoms with Gasteiger partial charge in [0.2, 0.25) is 0 Å². The van der Waals surface area contributed by atoms with Gasteiger partial charge in [-0.3, -0.25) is 4.98 Å². The van der Waals surface area contributed by atoms with Crippen molar-refractivity contribution in [2.45, 2.75) is 18.9 Å². The minimum absolute atomic E-state index is 0.349. The van der Waals surface area contributed by atoms with Crippen LogP contribution >= 0.6 is 11.6 Å². The minimum atomic E-state index is 0.349. The van der Waals surface area contributed by atoms with E-state index < -0.39 is 0 Å². The Bertz CT molecular complexity index is 588. The van der Waals surface area contributed by atoms with Crippen molar-refractivity contribution >= 4 is 28.3 Å². The lowest BCUT2D eigenvalue weighted by Gasteiger charge is -2.30. The molecule has 3 heterocycles. The Morgan fingerprint density at radius 3 is 3.16 bits per heavy atom. The number of likely N-dealkylation sites (N-methyl/N-ethyl adjacent to an activating group) is 1. The largest absolute Gasteiger partial charge is 0.364 e. The van der Waals surface area contributed by atoms with Crippen LogP contribution in [0, 0.1) is 0 Å². The van der Waals surface area contributed by atoms with E-state index in [1.54, 1.807) is 6.20 Å². The van der Waals surface area contributed by atoms with Crippen molar-refractivity contribution in [3.63, 3.8) is 0 Å². The maximum Gasteiger partial charge on any atom is 0.178 e. The number of nitrogens with zero attached hydrogens (tertiary/aromatic N) is 4. The summed E-state index contributed by atoms with van der Waals surface area (Å²) in [6.07, 6.45) is 4.07. The topological polar surface area (TPSA) is 53.9 Å². The van der Waals surface area contributed by atoms with Gasteiger partial charge in [-0.05, 0) is 38.6 Å². The molecule has 1 atom stereocenters. The van der Waals surface area contributed by atoms with Crippen LogP contribution in [0.4, 0.5) is 5.82 Å². The highest BCUT2D eigenvalue weighted by Crippen LogP contribution is 2.25. The molecule has 2 aromatic heterocycles. The number of nitrogens with one attached hydrogen (secondary N) is 1. The first kappa shape index (κ1) is 12.6. The Morgan fingerprint density at radius 1 is 1.42 bits per heavy atom. The molecule has 5 nitrogen and oxygen atoms in total. The number of piperidine rings is 1. The first-order valence-electron chi connectivity index (χ1n) is 6.46. The van der Waals surface area contributed by atoms with Crippen LogP contribution in [0.5, 0.6) is 0 Å². The number of fused-ring (bicyclic) bond motifs is 1. The SMILES string of the molecule is CN1CCC[C@@H](Nc2nnc(Cl)c3ncccc23)C1. The molecule has 1 fully saturated rings. The zero-order valence-electron chi connectivity index (χ0n) is 10.8. The molecule has 0 bridgehead atoms. The highest BCUT2D eigenvalue weighted by Gasteiger charge is 2.19. The van der Waals surface area contributed by atoms with Crippen molar-refractivity contribution in [2.75, 3.05) is 25.5 Å². The molecule has 6 heteroatoms. The van der Waals surface area contributed by atoms with E-state index >= 15 is 0 Å². The molecule has 1 N–H and O–H groups in total. The van der Waals surface area contributed by atoms with Gasteiger partial charge in [-0.25, -0.2) is 0 Å². The van der Waals surface area contributed by atoms with E-state index in [-0.39, 0.29) is 0 Å². The van der Waals surface area contributed by atoms with E-state index in [2.05, 4.69) is 32.4 Å². The normalized spacial score (nSPS) is 20.6. The van der Waals surface area contributed by atoms with Crippen LogP contribution in [0.25, 0.3) is 10.9 Å². The average molecular weight is 278 g/mol. The summed E-state index contributed by atoms with van der Waals surface area (Å²) in [6.45, 7) is 2.18. The molecule has 0 unspecified atom stereocenters. The van der Waals surface area contributed by atoms with E-state index in [0.717, 1.165) is 30.7 Å². The van der Waals surface area contributed by atoms with E-state index in [4.69, 9.17) is 11.6 Å². The van der Waals surface area contributed by atoms with Gasteiger partial charge in [0.15, 0.2) is 11.0 Å². The van der Waals surface area contributed by atoms with Crippen molar-refractivity contribution in [1.29, 1.82) is 0 Å². The highest BCUT2D eigenvalue weighted by atomic mass is 35.5. The van der Waals surface area contributed by atoms with Gasteiger partial charge in [0, 0.05) is 24.2 Å².